The summed E-state index contributed by atoms with van der Waals surface area (Å²) in [5.74, 6) is 0. The van der Waals surface area contributed by atoms with Crippen LogP contribution < -0.4 is 4.57 Å². The first-order chi connectivity index (χ1) is 15.2. The van der Waals surface area contributed by atoms with Gasteiger partial charge in [-0.05, 0) is 64.7 Å². The predicted molar refractivity (Wildman–Crippen MR) is 115 cm³/mol. The van der Waals surface area contributed by atoms with Crippen LogP contribution in [0.2, 0.25) is 0 Å². The van der Waals surface area contributed by atoms with E-state index in [4.69, 9.17) is 5.48 Å². The molecule has 0 bridgehead atoms. The molecule has 0 fully saturated rings. The molecule has 0 aliphatic heterocycles. The van der Waals surface area contributed by atoms with E-state index in [2.05, 4.69) is 29.7 Å². The van der Waals surface area contributed by atoms with Crippen LogP contribution >= 0.6 is 0 Å². The van der Waals surface area contributed by atoms with E-state index in [9.17, 15) is 0 Å². The Labute approximate surface area is 172 Å². The van der Waals surface area contributed by atoms with Crippen LogP contribution in [0.25, 0.3) is 22.4 Å². The monoisotopic (exact) mass is 366 g/mol. The Kier molecular flexibility index (Phi) is 3.15. The Hall–Kier alpha value is -3.19. The summed E-state index contributed by atoms with van der Waals surface area (Å²) in [5, 5.41) is 0. The molecular formula is C27H24N+. The van der Waals surface area contributed by atoms with Gasteiger partial charge in [0, 0.05) is 23.2 Å². The largest absolute Gasteiger partial charge is 0.213 e. The second-order valence-electron chi connectivity index (χ2n) is 7.28. The van der Waals surface area contributed by atoms with Crippen molar-refractivity contribution in [2.75, 3.05) is 0 Å². The number of hydrogen-bond acceptors (Lipinski definition) is 0. The van der Waals surface area contributed by atoms with Gasteiger partial charge in [-0.15, -0.1) is 0 Å². The maximum Gasteiger partial charge on any atom is 0.213 e. The number of rotatable bonds is 2. The van der Waals surface area contributed by atoms with Gasteiger partial charge in [-0.3, -0.25) is 0 Å². The first-order valence-corrected chi connectivity index (χ1v) is 9.52. The van der Waals surface area contributed by atoms with Crippen LogP contribution in [-0.2, 0) is 19.8 Å². The minimum Gasteiger partial charge on any atom is -0.201 e. The Morgan fingerprint density at radius 3 is 2.14 bits per heavy atom. The average molecular weight is 367 g/mol. The Morgan fingerprint density at radius 2 is 1.36 bits per heavy atom. The zero-order valence-electron chi connectivity index (χ0n) is 20.0. The van der Waals surface area contributed by atoms with Crippen LogP contribution in [0.15, 0.2) is 85.1 Å². The molecule has 0 N–H and O–H groups in total. The van der Waals surface area contributed by atoms with E-state index in [1.807, 2.05) is 43.6 Å². The number of hydrogen-bond donors (Lipinski definition) is 0. The number of nitrogens with zero attached hydrogens (tertiary/aromatic N) is 1. The summed E-state index contributed by atoms with van der Waals surface area (Å²) < 4.78 is 37.3. The summed E-state index contributed by atoms with van der Waals surface area (Å²) in [5.41, 5.74) is 6.84. The van der Waals surface area contributed by atoms with Crippen LogP contribution in [0.4, 0.5) is 0 Å². The Bertz CT molecular complexity index is 1360. The van der Waals surface area contributed by atoms with Crippen LogP contribution in [0.1, 0.15) is 33.3 Å². The molecule has 136 valence electrons. The molecule has 0 atom stereocenters. The summed E-state index contributed by atoms with van der Waals surface area (Å²) in [6, 6.07) is 24.8. The van der Waals surface area contributed by atoms with E-state index >= 15 is 0 Å². The third kappa shape index (κ3) is 2.93. The average Bonchev–Trinajstić information content (AvgIpc) is 2.79. The van der Waals surface area contributed by atoms with E-state index in [-0.39, 0.29) is 0 Å². The number of aryl methyl sites for hydroxylation is 2. The number of aromatic nitrogens is 1. The van der Waals surface area contributed by atoms with Crippen molar-refractivity contribution in [3.8, 4) is 22.4 Å². The van der Waals surface area contributed by atoms with Gasteiger partial charge in [0.15, 0.2) is 6.20 Å². The summed E-state index contributed by atoms with van der Waals surface area (Å²) >= 11 is 0. The van der Waals surface area contributed by atoms with Gasteiger partial charge in [0.1, 0.15) is 7.05 Å². The third-order valence-electron chi connectivity index (χ3n) is 5.39. The van der Waals surface area contributed by atoms with Gasteiger partial charge in [0.25, 0.3) is 0 Å². The van der Waals surface area contributed by atoms with Gasteiger partial charge in [-0.1, -0.05) is 60.7 Å². The molecule has 0 saturated carbocycles. The van der Waals surface area contributed by atoms with Crippen molar-refractivity contribution in [2.45, 2.75) is 19.7 Å². The van der Waals surface area contributed by atoms with Gasteiger partial charge in [-0.25, -0.2) is 4.57 Å². The maximum absolute atomic E-state index is 8.86. The van der Waals surface area contributed by atoms with E-state index in [1.165, 1.54) is 5.56 Å². The van der Waals surface area contributed by atoms with Crippen molar-refractivity contribution in [1.29, 1.82) is 0 Å². The number of pyridine rings is 1. The van der Waals surface area contributed by atoms with Crippen molar-refractivity contribution < 1.29 is 10.1 Å². The summed E-state index contributed by atoms with van der Waals surface area (Å²) in [4.78, 5) is 0. The van der Waals surface area contributed by atoms with Gasteiger partial charge in [0.2, 0.25) is 5.69 Å². The molecule has 1 heterocycles. The Morgan fingerprint density at radius 1 is 0.714 bits per heavy atom. The predicted octanol–water partition coefficient (Wildman–Crippen LogP) is 5.65. The number of fused-ring (bicyclic) bond motifs is 2. The molecule has 1 heteroatoms. The lowest BCUT2D eigenvalue weighted by Crippen LogP contribution is -2.30. The zero-order valence-corrected chi connectivity index (χ0v) is 16.0. The SMILES string of the molecule is [2H]C1([2H])c2ccccc2C([2H])([2H])c2cc(-c3cc[n+](C)c(-c4ccccc4C)c3)ccc21. The minimum atomic E-state index is -1.77. The maximum atomic E-state index is 8.86. The molecule has 1 aliphatic carbocycles. The first-order valence-electron chi connectivity index (χ1n) is 11.5. The van der Waals surface area contributed by atoms with Crippen LogP contribution in [0.5, 0.6) is 0 Å². The molecule has 28 heavy (non-hydrogen) atoms. The van der Waals surface area contributed by atoms with E-state index in [1.54, 1.807) is 30.3 Å². The topological polar surface area (TPSA) is 3.88 Å². The van der Waals surface area contributed by atoms with Gasteiger partial charge < -0.3 is 0 Å². The summed E-state index contributed by atoms with van der Waals surface area (Å²) in [6.45, 7) is 2.09. The fraction of sp³-hybridized carbons (Fsp3) is 0.148. The third-order valence-corrected chi connectivity index (χ3v) is 5.39. The quantitative estimate of drug-likeness (QED) is 0.404. The highest BCUT2D eigenvalue weighted by molar-refractivity contribution is 5.71. The fourth-order valence-electron chi connectivity index (χ4n) is 3.80. The molecular weight excluding hydrogens is 338 g/mol. The lowest BCUT2D eigenvalue weighted by molar-refractivity contribution is -0.660. The van der Waals surface area contributed by atoms with Crippen molar-refractivity contribution in [3.63, 3.8) is 0 Å². The van der Waals surface area contributed by atoms with Crippen LogP contribution in [0.3, 0.4) is 0 Å². The molecule has 0 radical (unpaired) electrons. The van der Waals surface area contributed by atoms with Crippen molar-refractivity contribution in [2.24, 2.45) is 7.05 Å². The molecule has 4 aromatic rings. The second kappa shape index (κ2) is 6.76. The molecule has 1 aliphatic rings. The molecule has 0 saturated heterocycles. The van der Waals surface area contributed by atoms with Gasteiger partial charge in [-0.2, -0.15) is 0 Å². The van der Waals surface area contributed by atoms with Crippen molar-refractivity contribution >= 4 is 0 Å². The summed E-state index contributed by atoms with van der Waals surface area (Å²) in [7, 11) is 2.02. The van der Waals surface area contributed by atoms with Crippen LogP contribution in [-0.4, -0.2) is 0 Å². The Balaban J connectivity index is 1.68. The molecule has 5 rings (SSSR count). The highest BCUT2D eigenvalue weighted by atomic mass is 14.9. The molecule has 3 aromatic carbocycles. The molecule has 1 aromatic heterocycles. The van der Waals surface area contributed by atoms with E-state index < -0.39 is 12.7 Å². The fourth-order valence-corrected chi connectivity index (χ4v) is 3.80. The van der Waals surface area contributed by atoms with Gasteiger partial charge in [0.05, 0.1) is 0 Å². The van der Waals surface area contributed by atoms with Crippen LogP contribution in [0, 0.1) is 6.92 Å². The highest BCUT2D eigenvalue weighted by Crippen LogP contribution is 2.31. The smallest absolute Gasteiger partial charge is 0.201 e. The van der Waals surface area contributed by atoms with E-state index in [0.29, 0.717) is 22.3 Å². The molecule has 1 nitrogen and oxygen atoms in total. The number of benzene rings is 3. The minimum absolute atomic E-state index is 0.393. The normalized spacial score (nSPS) is 18.1. The van der Waals surface area contributed by atoms with E-state index in [0.717, 1.165) is 22.4 Å². The zero-order chi connectivity index (χ0) is 22.7. The highest BCUT2D eigenvalue weighted by Gasteiger charge is 2.17. The lowest BCUT2D eigenvalue weighted by atomic mass is 9.84. The molecule has 0 spiro atoms. The summed E-state index contributed by atoms with van der Waals surface area (Å²) in [6.07, 6.45) is -1.50. The van der Waals surface area contributed by atoms with Gasteiger partial charge >= 0.3 is 0 Å². The van der Waals surface area contributed by atoms with Crippen molar-refractivity contribution in [3.05, 3.63) is 113 Å². The van der Waals surface area contributed by atoms with Crippen molar-refractivity contribution in [1.82, 2.24) is 0 Å². The lowest BCUT2D eigenvalue weighted by Gasteiger charge is -2.20. The molecule has 0 unspecified atom stereocenters. The first kappa shape index (κ1) is 13.1. The second-order valence-corrected chi connectivity index (χ2v) is 7.28. The standard InChI is InChI=1S/C27H24N/c1-19-7-3-6-10-26(19)27-18-24(13-14-28(27)2)22-11-12-23-15-20-8-4-5-9-21(20)16-25(23)17-22/h3-14,17-18H,15-16H2,1-2H3/q+1/i15D2,16D2. The molecule has 0 amide bonds.